The molecule has 0 heterocycles. The van der Waals surface area contributed by atoms with Gasteiger partial charge in [-0.2, -0.15) is 13.2 Å². The van der Waals surface area contributed by atoms with Crippen LogP contribution in [0.25, 0.3) is 0 Å². The molecule has 0 bridgehead atoms. The van der Waals surface area contributed by atoms with Gasteiger partial charge < -0.3 is 10.2 Å². The van der Waals surface area contributed by atoms with Crippen molar-refractivity contribution in [1.82, 2.24) is 10.2 Å². The molecule has 1 aromatic carbocycles. The van der Waals surface area contributed by atoms with Crippen LogP contribution in [0.2, 0.25) is 0 Å². The van der Waals surface area contributed by atoms with Crippen molar-refractivity contribution in [1.29, 1.82) is 0 Å². The fraction of sp³-hybridized carbons (Fsp3) is 0.500. The zero-order chi connectivity index (χ0) is 14.8. The average molecular weight is 323 g/mol. The predicted octanol–water partition coefficient (Wildman–Crippen LogP) is 2.84. The summed E-state index contributed by atoms with van der Waals surface area (Å²) in [5.74, 6) is -0.0186. The molecular weight excluding hydrogens is 305 g/mol. The van der Waals surface area contributed by atoms with Gasteiger partial charge in [-0.3, -0.25) is 4.79 Å². The van der Waals surface area contributed by atoms with E-state index < -0.39 is 11.7 Å². The third kappa shape index (κ3) is 4.89. The Morgan fingerprint density at radius 1 is 1.29 bits per heavy atom. The molecule has 0 spiro atoms. The smallest absolute Gasteiger partial charge is 0.334 e. The van der Waals surface area contributed by atoms with Gasteiger partial charge in [0.25, 0.3) is 0 Å². The number of hydrogen-bond acceptors (Lipinski definition) is 2. The summed E-state index contributed by atoms with van der Waals surface area (Å²) < 4.78 is 37.4. The number of benzene rings is 1. The molecule has 0 atom stereocenters. The summed E-state index contributed by atoms with van der Waals surface area (Å²) in [4.78, 5) is 13.7. The molecule has 0 radical (unpaired) electrons. The maximum atomic E-state index is 12.5. The molecule has 0 aromatic heterocycles. The van der Waals surface area contributed by atoms with Gasteiger partial charge in [-0.25, -0.2) is 0 Å². The van der Waals surface area contributed by atoms with Crippen molar-refractivity contribution in [2.75, 3.05) is 13.6 Å². The summed E-state index contributed by atoms with van der Waals surface area (Å²) in [5, 5.41) is 2.81. The van der Waals surface area contributed by atoms with E-state index in [0.717, 1.165) is 25.0 Å². The standard InChI is InChI=1S/C14H17F3N2O.ClH/c1-18-8-13(20)19(12-6-7-12)9-10-2-4-11(5-3-10)14(15,16)17;/h2-5,12,18H,6-9H2,1H3;1H. The molecule has 7 heteroatoms. The third-order valence-electron chi connectivity index (χ3n) is 3.27. The molecule has 1 aliphatic carbocycles. The summed E-state index contributed by atoms with van der Waals surface area (Å²) in [7, 11) is 1.70. The van der Waals surface area contributed by atoms with Crippen molar-refractivity contribution >= 4 is 18.3 Å². The fourth-order valence-corrected chi connectivity index (χ4v) is 2.06. The lowest BCUT2D eigenvalue weighted by Gasteiger charge is -2.22. The highest BCUT2D eigenvalue weighted by atomic mass is 35.5. The van der Waals surface area contributed by atoms with Crippen molar-refractivity contribution < 1.29 is 18.0 Å². The third-order valence-corrected chi connectivity index (χ3v) is 3.27. The van der Waals surface area contributed by atoms with Crippen LogP contribution >= 0.6 is 12.4 Å². The first-order valence-electron chi connectivity index (χ1n) is 6.52. The van der Waals surface area contributed by atoms with Crippen LogP contribution in [0.4, 0.5) is 13.2 Å². The van der Waals surface area contributed by atoms with Crippen molar-refractivity contribution in [2.24, 2.45) is 0 Å². The molecule has 1 amide bonds. The maximum Gasteiger partial charge on any atom is 0.416 e. The predicted molar refractivity (Wildman–Crippen MR) is 76.2 cm³/mol. The topological polar surface area (TPSA) is 32.3 Å². The van der Waals surface area contributed by atoms with Gasteiger partial charge in [-0.1, -0.05) is 12.1 Å². The quantitative estimate of drug-likeness (QED) is 0.904. The SMILES string of the molecule is CNCC(=O)N(Cc1ccc(C(F)(F)F)cc1)C1CC1.Cl. The van der Waals surface area contributed by atoms with Crippen LogP contribution in [-0.4, -0.2) is 30.4 Å². The molecule has 0 aliphatic heterocycles. The Balaban J connectivity index is 0.00000220. The van der Waals surface area contributed by atoms with Gasteiger partial charge in [0.1, 0.15) is 0 Å². The Morgan fingerprint density at radius 2 is 1.86 bits per heavy atom. The molecule has 2 rings (SSSR count). The highest BCUT2D eigenvalue weighted by Crippen LogP contribution is 2.31. The fourth-order valence-electron chi connectivity index (χ4n) is 2.06. The lowest BCUT2D eigenvalue weighted by atomic mass is 10.1. The number of nitrogens with one attached hydrogen (secondary N) is 1. The molecule has 0 saturated heterocycles. The molecule has 1 fully saturated rings. The summed E-state index contributed by atoms with van der Waals surface area (Å²) in [5.41, 5.74) is 0.0510. The molecule has 0 unspecified atom stereocenters. The van der Waals surface area contributed by atoms with Crippen LogP contribution < -0.4 is 5.32 Å². The van der Waals surface area contributed by atoms with E-state index in [1.165, 1.54) is 12.1 Å². The number of hydrogen-bond donors (Lipinski definition) is 1. The first-order chi connectivity index (χ1) is 9.41. The van der Waals surface area contributed by atoms with Gasteiger partial charge >= 0.3 is 6.18 Å². The van der Waals surface area contributed by atoms with E-state index in [4.69, 9.17) is 0 Å². The summed E-state index contributed by atoms with van der Waals surface area (Å²) in [6.07, 6.45) is -2.39. The Morgan fingerprint density at radius 3 is 2.29 bits per heavy atom. The van der Waals surface area contributed by atoms with E-state index in [2.05, 4.69) is 5.32 Å². The minimum absolute atomic E-state index is 0. The first-order valence-corrected chi connectivity index (χ1v) is 6.52. The van der Waals surface area contributed by atoms with Crippen molar-refractivity contribution in [3.8, 4) is 0 Å². The van der Waals surface area contributed by atoms with Crippen LogP contribution in [0.15, 0.2) is 24.3 Å². The molecule has 1 aromatic rings. The second-order valence-electron chi connectivity index (χ2n) is 4.98. The molecule has 1 N–H and O–H groups in total. The lowest BCUT2D eigenvalue weighted by Crippen LogP contribution is -2.38. The van der Waals surface area contributed by atoms with Crippen molar-refractivity contribution in [3.63, 3.8) is 0 Å². The second-order valence-corrected chi connectivity index (χ2v) is 4.98. The largest absolute Gasteiger partial charge is 0.416 e. The Kier molecular flexibility index (Phi) is 6.04. The summed E-state index contributed by atoms with van der Waals surface area (Å²) in [6.45, 7) is 0.612. The number of halogens is 4. The van der Waals surface area contributed by atoms with Gasteiger partial charge in [0.15, 0.2) is 0 Å². The van der Waals surface area contributed by atoms with E-state index in [-0.39, 0.29) is 30.9 Å². The van der Waals surface area contributed by atoms with Crippen molar-refractivity contribution in [2.45, 2.75) is 31.6 Å². The monoisotopic (exact) mass is 322 g/mol. The number of amides is 1. The molecule has 1 saturated carbocycles. The van der Waals surface area contributed by atoms with Gasteiger partial charge in [0.05, 0.1) is 12.1 Å². The second kappa shape index (κ2) is 7.13. The minimum Gasteiger partial charge on any atom is -0.334 e. The van der Waals surface area contributed by atoms with Crippen LogP contribution in [0.1, 0.15) is 24.0 Å². The van der Waals surface area contributed by atoms with Gasteiger partial charge in [0.2, 0.25) is 5.91 Å². The minimum atomic E-state index is -4.32. The zero-order valence-corrected chi connectivity index (χ0v) is 12.4. The average Bonchev–Trinajstić information content (AvgIpc) is 3.20. The van der Waals surface area contributed by atoms with Gasteiger partial charge in [-0.15, -0.1) is 12.4 Å². The van der Waals surface area contributed by atoms with E-state index in [1.807, 2.05) is 0 Å². The number of carbonyl (C=O) groups excluding carboxylic acids is 1. The lowest BCUT2D eigenvalue weighted by molar-refractivity contribution is -0.137. The van der Waals surface area contributed by atoms with E-state index in [1.54, 1.807) is 11.9 Å². The highest BCUT2D eigenvalue weighted by Gasteiger charge is 2.33. The zero-order valence-electron chi connectivity index (χ0n) is 11.6. The van der Waals surface area contributed by atoms with Crippen LogP contribution in [-0.2, 0) is 17.5 Å². The highest BCUT2D eigenvalue weighted by molar-refractivity contribution is 5.85. The number of alkyl halides is 3. The van der Waals surface area contributed by atoms with E-state index >= 15 is 0 Å². The van der Waals surface area contributed by atoms with Crippen LogP contribution in [0.3, 0.4) is 0 Å². The number of carbonyl (C=O) groups is 1. The first kappa shape index (κ1) is 17.8. The molecule has 1 aliphatic rings. The van der Waals surface area contributed by atoms with E-state index in [0.29, 0.717) is 12.1 Å². The summed E-state index contributed by atoms with van der Waals surface area (Å²) >= 11 is 0. The van der Waals surface area contributed by atoms with Gasteiger partial charge in [0, 0.05) is 12.6 Å². The van der Waals surface area contributed by atoms with Crippen molar-refractivity contribution in [3.05, 3.63) is 35.4 Å². The summed E-state index contributed by atoms with van der Waals surface area (Å²) in [6, 6.07) is 5.22. The number of likely N-dealkylation sites (N-methyl/N-ethyl adjacent to an activating group) is 1. The number of nitrogens with zero attached hydrogens (tertiary/aromatic N) is 1. The molecule has 118 valence electrons. The van der Waals surface area contributed by atoms with Crippen LogP contribution in [0.5, 0.6) is 0 Å². The molecular formula is C14H18ClF3N2O. The molecule has 3 nitrogen and oxygen atoms in total. The van der Waals surface area contributed by atoms with E-state index in [9.17, 15) is 18.0 Å². The van der Waals surface area contributed by atoms with Gasteiger partial charge in [-0.05, 0) is 37.6 Å². The van der Waals surface area contributed by atoms with Crippen LogP contribution in [0, 0.1) is 0 Å². The Labute approximate surface area is 127 Å². The molecule has 21 heavy (non-hydrogen) atoms. The Bertz CT molecular complexity index is 472. The maximum absolute atomic E-state index is 12.5. The normalized spacial score (nSPS) is 14.5. The number of rotatable bonds is 5. The Hall–Kier alpha value is -1.27.